The van der Waals surface area contributed by atoms with Gasteiger partial charge in [0, 0.05) is 73.2 Å². The van der Waals surface area contributed by atoms with E-state index in [-0.39, 0.29) is 17.7 Å². The summed E-state index contributed by atoms with van der Waals surface area (Å²) in [5.74, 6) is -0.146. The second kappa shape index (κ2) is 13.3. The maximum Gasteiger partial charge on any atom is 0.246 e. The molecule has 2 aliphatic heterocycles. The molecule has 38 heavy (non-hydrogen) atoms. The summed E-state index contributed by atoms with van der Waals surface area (Å²) in [6.45, 7) is 5.85. The summed E-state index contributed by atoms with van der Waals surface area (Å²) in [4.78, 5) is 44.0. The summed E-state index contributed by atoms with van der Waals surface area (Å²) in [7, 11) is 0. The molecule has 0 spiro atoms. The molecule has 7 nitrogen and oxygen atoms in total. The Labute approximate surface area is 237 Å². The number of carbonyl (C=O) groups excluding carboxylic acids is 3. The zero-order valence-electron chi connectivity index (χ0n) is 21.1. The minimum absolute atomic E-state index is 0.0261. The number of benzene rings is 2. The zero-order chi connectivity index (χ0) is 27.1. The summed E-state index contributed by atoms with van der Waals surface area (Å²) < 4.78 is 5.34. The van der Waals surface area contributed by atoms with E-state index in [0.717, 1.165) is 20.9 Å². The highest BCUT2D eigenvalue weighted by Gasteiger charge is 2.21. The van der Waals surface area contributed by atoms with Crippen molar-refractivity contribution in [3.63, 3.8) is 0 Å². The Morgan fingerprint density at radius 3 is 2.05 bits per heavy atom. The van der Waals surface area contributed by atoms with Crippen molar-refractivity contribution in [2.75, 3.05) is 52.5 Å². The summed E-state index contributed by atoms with van der Waals surface area (Å²) in [5, 5.41) is 1.10. The van der Waals surface area contributed by atoms with Gasteiger partial charge in [0.1, 0.15) is 0 Å². The maximum absolute atomic E-state index is 12.7. The molecule has 2 saturated heterocycles. The highest BCUT2D eigenvalue weighted by Crippen LogP contribution is 2.37. The minimum Gasteiger partial charge on any atom is -0.378 e. The molecule has 0 bridgehead atoms. The molecular weight excluding hydrogens is 545 g/mol. The van der Waals surface area contributed by atoms with E-state index < -0.39 is 0 Å². The molecule has 0 unspecified atom stereocenters. The van der Waals surface area contributed by atoms with Gasteiger partial charge in [0.2, 0.25) is 17.7 Å². The largest absolute Gasteiger partial charge is 0.378 e. The molecule has 2 fully saturated rings. The second-order valence-electron chi connectivity index (χ2n) is 8.91. The molecule has 200 valence electrons. The van der Waals surface area contributed by atoms with E-state index in [1.165, 1.54) is 11.8 Å². The van der Waals surface area contributed by atoms with Gasteiger partial charge in [-0.3, -0.25) is 14.4 Å². The van der Waals surface area contributed by atoms with Crippen molar-refractivity contribution in [1.29, 1.82) is 0 Å². The molecule has 2 aliphatic rings. The lowest BCUT2D eigenvalue weighted by Gasteiger charge is -2.33. The molecule has 0 saturated carbocycles. The molecule has 0 aromatic heterocycles. The van der Waals surface area contributed by atoms with Crippen molar-refractivity contribution in [3.8, 4) is 0 Å². The molecule has 0 radical (unpaired) electrons. The van der Waals surface area contributed by atoms with Crippen molar-refractivity contribution in [2.45, 2.75) is 16.7 Å². The van der Waals surface area contributed by atoms with E-state index in [1.807, 2.05) is 24.3 Å². The normalized spacial score (nSPS) is 16.4. The minimum atomic E-state index is -0.0980. The lowest BCUT2D eigenvalue weighted by Crippen LogP contribution is -2.49. The number of morpholine rings is 1. The van der Waals surface area contributed by atoms with Crippen LogP contribution in [0.5, 0.6) is 0 Å². The maximum atomic E-state index is 12.7. The third kappa shape index (κ3) is 7.63. The SMILES string of the molecule is CC(=O)N1CCN(C(=O)/C=C/c2ccc(Sc3ccc(Cl)cc3Cl)c(/C=C/C(=O)N3CCOCC3)c2)CC1. The number of piperazine rings is 1. The average Bonchev–Trinajstić information content (AvgIpc) is 2.93. The summed E-state index contributed by atoms with van der Waals surface area (Å²) in [6, 6.07) is 11.1. The van der Waals surface area contributed by atoms with Gasteiger partial charge in [0.15, 0.2) is 0 Å². The topological polar surface area (TPSA) is 70.2 Å². The lowest BCUT2D eigenvalue weighted by atomic mass is 10.1. The van der Waals surface area contributed by atoms with Gasteiger partial charge in [-0.15, -0.1) is 0 Å². The Bertz CT molecular complexity index is 1250. The summed E-state index contributed by atoms with van der Waals surface area (Å²) in [6.07, 6.45) is 6.68. The van der Waals surface area contributed by atoms with Crippen LogP contribution >= 0.6 is 35.0 Å². The fourth-order valence-corrected chi connectivity index (χ4v) is 5.57. The first-order valence-electron chi connectivity index (χ1n) is 12.3. The van der Waals surface area contributed by atoms with Crippen molar-refractivity contribution in [2.24, 2.45) is 0 Å². The van der Waals surface area contributed by atoms with Crippen LogP contribution in [0.4, 0.5) is 0 Å². The van der Waals surface area contributed by atoms with Gasteiger partial charge in [-0.25, -0.2) is 0 Å². The van der Waals surface area contributed by atoms with Gasteiger partial charge in [0.05, 0.1) is 18.2 Å². The number of ether oxygens (including phenoxy) is 1. The highest BCUT2D eigenvalue weighted by atomic mass is 35.5. The van der Waals surface area contributed by atoms with Gasteiger partial charge < -0.3 is 19.4 Å². The molecule has 2 heterocycles. The summed E-state index contributed by atoms with van der Waals surface area (Å²) >= 11 is 13.9. The van der Waals surface area contributed by atoms with Crippen LogP contribution in [0.15, 0.2) is 58.3 Å². The van der Waals surface area contributed by atoms with Gasteiger partial charge in [-0.2, -0.15) is 0 Å². The quantitative estimate of drug-likeness (QED) is 0.467. The monoisotopic (exact) mass is 573 g/mol. The van der Waals surface area contributed by atoms with Gasteiger partial charge >= 0.3 is 0 Å². The molecular formula is C28H29Cl2N3O4S. The number of amides is 3. The van der Waals surface area contributed by atoms with E-state index in [2.05, 4.69) is 0 Å². The fraction of sp³-hybridized carbons (Fsp3) is 0.321. The van der Waals surface area contributed by atoms with E-state index in [1.54, 1.807) is 58.1 Å². The molecule has 0 atom stereocenters. The Morgan fingerprint density at radius 2 is 1.39 bits per heavy atom. The number of hydrogen-bond donors (Lipinski definition) is 0. The summed E-state index contributed by atoms with van der Waals surface area (Å²) in [5.41, 5.74) is 1.65. The number of hydrogen-bond acceptors (Lipinski definition) is 5. The molecule has 0 aliphatic carbocycles. The number of nitrogens with zero attached hydrogens (tertiary/aromatic N) is 3. The second-order valence-corrected chi connectivity index (χ2v) is 10.8. The van der Waals surface area contributed by atoms with Gasteiger partial charge in [0.25, 0.3) is 0 Å². The van der Waals surface area contributed by atoms with E-state index in [0.29, 0.717) is 62.5 Å². The van der Waals surface area contributed by atoms with Crippen LogP contribution in [0.3, 0.4) is 0 Å². The molecule has 10 heteroatoms. The van der Waals surface area contributed by atoms with Crippen LogP contribution in [0.25, 0.3) is 12.2 Å². The Balaban J connectivity index is 1.53. The van der Waals surface area contributed by atoms with E-state index in [9.17, 15) is 14.4 Å². The van der Waals surface area contributed by atoms with Crippen molar-refractivity contribution in [3.05, 3.63) is 69.7 Å². The Morgan fingerprint density at radius 1 is 0.789 bits per heavy atom. The predicted octanol–water partition coefficient (Wildman–Crippen LogP) is 4.72. The van der Waals surface area contributed by atoms with Crippen LogP contribution in [0, 0.1) is 0 Å². The standard InChI is InChI=1S/C28H29Cl2N3O4S/c1-20(34)31-10-12-32(13-11-31)27(35)8-3-21-2-6-25(38-26-7-5-23(29)19-24(26)30)22(18-21)4-9-28(36)33-14-16-37-17-15-33/h2-9,18-19H,10-17H2,1H3/b8-3+,9-4+. The van der Waals surface area contributed by atoms with E-state index in [4.69, 9.17) is 27.9 Å². The van der Waals surface area contributed by atoms with Crippen LogP contribution in [-0.4, -0.2) is 84.9 Å². The van der Waals surface area contributed by atoms with Gasteiger partial charge in [-0.1, -0.05) is 41.0 Å². The first-order chi connectivity index (χ1) is 18.3. The molecule has 2 aromatic carbocycles. The van der Waals surface area contributed by atoms with Crippen molar-refractivity contribution >= 4 is 64.8 Å². The first kappa shape index (κ1) is 28.2. The number of halogens is 2. The smallest absolute Gasteiger partial charge is 0.246 e. The number of carbonyl (C=O) groups is 3. The van der Waals surface area contributed by atoms with Crippen LogP contribution in [0.1, 0.15) is 18.1 Å². The Kier molecular flexibility index (Phi) is 9.91. The zero-order valence-corrected chi connectivity index (χ0v) is 23.4. The molecule has 3 amide bonds. The van der Waals surface area contributed by atoms with E-state index >= 15 is 0 Å². The first-order valence-corrected chi connectivity index (χ1v) is 13.9. The predicted molar refractivity (Wildman–Crippen MR) is 151 cm³/mol. The lowest BCUT2D eigenvalue weighted by molar-refractivity contribution is -0.135. The van der Waals surface area contributed by atoms with Crippen molar-refractivity contribution in [1.82, 2.24) is 14.7 Å². The fourth-order valence-electron chi connectivity index (χ4n) is 4.14. The third-order valence-corrected chi connectivity index (χ3v) is 8.16. The van der Waals surface area contributed by atoms with Crippen LogP contribution in [-0.2, 0) is 19.1 Å². The van der Waals surface area contributed by atoms with Crippen LogP contribution in [0.2, 0.25) is 10.0 Å². The molecule has 2 aromatic rings. The van der Waals surface area contributed by atoms with Crippen LogP contribution < -0.4 is 0 Å². The number of rotatable bonds is 6. The van der Waals surface area contributed by atoms with Gasteiger partial charge in [-0.05, 0) is 53.6 Å². The Hall–Kier alpha value is -2.78. The molecule has 4 rings (SSSR count). The molecule has 0 N–H and O–H groups in total. The third-order valence-electron chi connectivity index (χ3n) is 6.33. The average molecular weight is 575 g/mol. The van der Waals surface area contributed by atoms with Crippen molar-refractivity contribution < 1.29 is 19.1 Å². The highest BCUT2D eigenvalue weighted by molar-refractivity contribution is 7.99.